The first kappa shape index (κ1) is 21.3. The lowest BCUT2D eigenvalue weighted by molar-refractivity contribution is 0.180. The van der Waals surface area contributed by atoms with E-state index in [-0.39, 0.29) is 0 Å². The number of H-pyrrole nitrogens is 2. The van der Waals surface area contributed by atoms with E-state index < -0.39 is 6.23 Å². The van der Waals surface area contributed by atoms with Crippen LogP contribution in [0.1, 0.15) is 32.1 Å². The van der Waals surface area contributed by atoms with Gasteiger partial charge in [0.15, 0.2) is 17.2 Å². The monoisotopic (exact) mass is 481 g/mol. The third-order valence-electron chi connectivity index (χ3n) is 7.11. The molecular weight excluding hydrogens is 454 g/mol. The highest BCUT2D eigenvalue weighted by molar-refractivity contribution is 5.93. The van der Waals surface area contributed by atoms with Crippen molar-refractivity contribution in [3.8, 4) is 22.8 Å². The Morgan fingerprint density at radius 3 is 2.78 bits per heavy atom. The van der Waals surface area contributed by atoms with Crippen molar-refractivity contribution in [2.45, 2.75) is 38.3 Å². The largest absolute Gasteiger partial charge is 0.374 e. The summed E-state index contributed by atoms with van der Waals surface area (Å²) >= 11 is 0. The summed E-state index contributed by atoms with van der Waals surface area (Å²) in [5, 5.41) is 21.0. The average Bonchev–Trinajstić information content (AvgIpc) is 3.55. The van der Waals surface area contributed by atoms with Crippen LogP contribution in [0.5, 0.6) is 0 Å². The number of rotatable bonds is 6. The number of hydrogen-bond donors (Lipinski definition) is 4. The molecule has 182 valence electrons. The lowest BCUT2D eigenvalue weighted by Crippen LogP contribution is -2.29. The van der Waals surface area contributed by atoms with Crippen LogP contribution in [0, 0.1) is 5.92 Å². The van der Waals surface area contributed by atoms with Gasteiger partial charge in [0, 0.05) is 37.0 Å². The second kappa shape index (κ2) is 8.56. The predicted molar refractivity (Wildman–Crippen MR) is 138 cm³/mol. The molecule has 1 aliphatic heterocycles. The Labute approximate surface area is 207 Å². The number of aromatic nitrogens is 7. The molecule has 5 aromatic heterocycles. The van der Waals surface area contributed by atoms with Gasteiger partial charge in [-0.05, 0) is 56.4 Å². The predicted octanol–water partition coefficient (Wildman–Crippen LogP) is 4.09. The maximum absolute atomic E-state index is 10.3. The third kappa shape index (κ3) is 3.83. The van der Waals surface area contributed by atoms with Crippen LogP contribution in [-0.2, 0) is 0 Å². The van der Waals surface area contributed by atoms with Gasteiger partial charge in [0.2, 0.25) is 0 Å². The molecular formula is C26H27N9O. The fourth-order valence-corrected chi connectivity index (χ4v) is 4.98. The number of piperidine rings is 1. The standard InChI is InChI=1S/C26H27N9O/c36-26(15-4-5-15)29-17-12-16(13-27-14-17)18-6-7-19-21(30-18)23(34-33-19)25-31-22-20(8-9-28-24(22)32-25)35-10-2-1-3-11-35/h6-9,12-15,26,29,36H,1-5,10-11H2,(H,33,34)(H,28,31,32). The Hall–Kier alpha value is -4.05. The number of fused-ring (bicyclic) bond motifs is 2. The minimum absolute atomic E-state index is 0.324. The number of hydrogen-bond acceptors (Lipinski definition) is 8. The minimum atomic E-state index is -0.547. The Balaban J connectivity index is 1.25. The lowest BCUT2D eigenvalue weighted by Gasteiger charge is -2.28. The molecule has 36 heavy (non-hydrogen) atoms. The van der Waals surface area contributed by atoms with Gasteiger partial charge in [0.1, 0.15) is 17.3 Å². The quantitative estimate of drug-likeness (QED) is 0.267. The van der Waals surface area contributed by atoms with Crippen LogP contribution in [-0.4, -0.2) is 59.5 Å². The molecule has 0 spiro atoms. The summed E-state index contributed by atoms with van der Waals surface area (Å²) in [6.45, 7) is 2.08. The molecule has 10 nitrogen and oxygen atoms in total. The number of aliphatic hydroxyl groups is 1. The number of pyridine rings is 3. The smallest absolute Gasteiger partial charge is 0.162 e. The number of nitrogens with zero attached hydrogens (tertiary/aromatic N) is 6. The maximum Gasteiger partial charge on any atom is 0.162 e. The maximum atomic E-state index is 10.3. The van der Waals surface area contributed by atoms with Crippen LogP contribution in [0.3, 0.4) is 0 Å². The van der Waals surface area contributed by atoms with Crippen LogP contribution in [0.4, 0.5) is 11.4 Å². The molecule has 0 radical (unpaired) electrons. The van der Waals surface area contributed by atoms with E-state index >= 15 is 0 Å². The normalized spacial score (nSPS) is 17.1. The van der Waals surface area contributed by atoms with Gasteiger partial charge in [-0.1, -0.05) is 0 Å². The van der Waals surface area contributed by atoms with Crippen molar-refractivity contribution in [1.82, 2.24) is 35.1 Å². The molecule has 0 aromatic carbocycles. The molecule has 2 aliphatic rings. The first-order chi connectivity index (χ1) is 17.7. The van der Waals surface area contributed by atoms with E-state index in [0.29, 0.717) is 17.4 Å². The van der Waals surface area contributed by atoms with Crippen molar-refractivity contribution in [3.63, 3.8) is 0 Å². The summed E-state index contributed by atoms with van der Waals surface area (Å²) in [5.41, 5.74) is 7.32. The van der Waals surface area contributed by atoms with E-state index in [1.54, 1.807) is 12.4 Å². The zero-order valence-corrected chi connectivity index (χ0v) is 19.8. The van der Waals surface area contributed by atoms with Crippen molar-refractivity contribution >= 4 is 33.6 Å². The molecule has 1 atom stereocenters. The van der Waals surface area contributed by atoms with Crippen molar-refractivity contribution in [2.24, 2.45) is 5.92 Å². The topological polar surface area (TPSA) is 132 Å². The molecule has 1 saturated carbocycles. The van der Waals surface area contributed by atoms with E-state index in [1.807, 2.05) is 30.5 Å². The van der Waals surface area contributed by atoms with Crippen LogP contribution in [0.25, 0.3) is 45.0 Å². The first-order valence-corrected chi connectivity index (χ1v) is 12.6. The molecule has 0 bridgehead atoms. The molecule has 4 N–H and O–H groups in total. The molecule has 5 aromatic rings. The van der Waals surface area contributed by atoms with Gasteiger partial charge < -0.3 is 20.3 Å². The molecule has 1 unspecified atom stereocenters. The van der Waals surface area contributed by atoms with Crippen molar-refractivity contribution in [1.29, 1.82) is 0 Å². The van der Waals surface area contributed by atoms with E-state index in [9.17, 15) is 5.11 Å². The van der Waals surface area contributed by atoms with Gasteiger partial charge in [0.05, 0.1) is 28.8 Å². The van der Waals surface area contributed by atoms with E-state index in [1.165, 1.54) is 19.3 Å². The van der Waals surface area contributed by atoms with Gasteiger partial charge in [-0.2, -0.15) is 5.10 Å². The highest BCUT2D eigenvalue weighted by atomic mass is 16.3. The van der Waals surface area contributed by atoms with Gasteiger partial charge >= 0.3 is 0 Å². The second-order valence-electron chi connectivity index (χ2n) is 9.71. The zero-order valence-electron chi connectivity index (χ0n) is 19.8. The minimum Gasteiger partial charge on any atom is -0.374 e. The molecule has 10 heteroatoms. The number of aromatic amines is 2. The molecule has 1 aliphatic carbocycles. The number of nitrogens with one attached hydrogen (secondary N) is 3. The van der Waals surface area contributed by atoms with Gasteiger partial charge in [0.25, 0.3) is 0 Å². The van der Waals surface area contributed by atoms with Crippen molar-refractivity contribution in [2.75, 3.05) is 23.3 Å². The fourth-order valence-electron chi connectivity index (χ4n) is 4.98. The Kier molecular flexibility index (Phi) is 5.05. The Bertz CT molecular complexity index is 1550. The lowest BCUT2D eigenvalue weighted by atomic mass is 10.1. The molecule has 1 saturated heterocycles. The van der Waals surface area contributed by atoms with Crippen LogP contribution in [0.2, 0.25) is 0 Å². The fraction of sp³-hybridized carbons (Fsp3) is 0.346. The molecule has 7 rings (SSSR count). The van der Waals surface area contributed by atoms with Gasteiger partial charge in [-0.25, -0.2) is 15.0 Å². The van der Waals surface area contributed by atoms with Crippen LogP contribution in [0.15, 0.2) is 42.9 Å². The van der Waals surface area contributed by atoms with Crippen molar-refractivity contribution < 1.29 is 5.11 Å². The summed E-state index contributed by atoms with van der Waals surface area (Å²) in [6, 6.07) is 7.92. The number of imidazole rings is 1. The summed E-state index contributed by atoms with van der Waals surface area (Å²) in [5.74, 6) is 0.962. The van der Waals surface area contributed by atoms with Crippen LogP contribution < -0.4 is 10.2 Å². The molecule has 6 heterocycles. The summed E-state index contributed by atoms with van der Waals surface area (Å²) in [4.78, 5) is 24.5. The van der Waals surface area contributed by atoms with Gasteiger partial charge in [-0.15, -0.1) is 0 Å². The van der Waals surface area contributed by atoms with E-state index in [2.05, 4.69) is 35.4 Å². The Morgan fingerprint density at radius 2 is 1.92 bits per heavy atom. The molecule has 2 fully saturated rings. The highest BCUT2D eigenvalue weighted by Gasteiger charge is 2.29. The zero-order chi connectivity index (χ0) is 24.1. The highest BCUT2D eigenvalue weighted by Crippen LogP contribution is 2.34. The summed E-state index contributed by atoms with van der Waals surface area (Å²) < 4.78 is 0. The molecule has 0 amide bonds. The summed E-state index contributed by atoms with van der Waals surface area (Å²) in [7, 11) is 0. The van der Waals surface area contributed by atoms with Crippen LogP contribution >= 0.6 is 0 Å². The summed E-state index contributed by atoms with van der Waals surface area (Å²) in [6.07, 6.45) is 10.6. The first-order valence-electron chi connectivity index (χ1n) is 12.6. The Morgan fingerprint density at radius 1 is 1.03 bits per heavy atom. The van der Waals surface area contributed by atoms with E-state index in [4.69, 9.17) is 9.97 Å². The number of aliphatic hydroxyl groups excluding tert-OH is 1. The average molecular weight is 482 g/mol. The third-order valence-corrected chi connectivity index (χ3v) is 7.11. The van der Waals surface area contributed by atoms with Gasteiger partial charge in [-0.3, -0.25) is 10.1 Å². The number of anilines is 2. The second-order valence-corrected chi connectivity index (χ2v) is 9.71. The van der Waals surface area contributed by atoms with Crippen molar-refractivity contribution in [3.05, 3.63) is 42.9 Å². The SMILES string of the molecule is OC(Nc1cncc(-c2ccc3[nH]nc(-c4nc5c(N6CCCCC6)ccnc5[nH]4)c3n2)c1)C1CC1. The van der Waals surface area contributed by atoms with E-state index in [0.717, 1.165) is 70.8 Å².